The molecule has 1 aliphatic rings. The molecule has 0 aliphatic heterocycles. The Hall–Kier alpha value is -1.43. The number of rotatable bonds is 4. The summed E-state index contributed by atoms with van der Waals surface area (Å²) in [6, 6.07) is 7.38. The van der Waals surface area contributed by atoms with Crippen LogP contribution in [0, 0.1) is 0 Å². The topological polar surface area (TPSA) is 70.0 Å². The summed E-state index contributed by atoms with van der Waals surface area (Å²) in [5.41, 5.74) is 1.71. The van der Waals surface area contributed by atoms with Gasteiger partial charge in [-0.2, -0.15) is 0 Å². The molecule has 1 aliphatic carbocycles. The zero-order valence-electron chi connectivity index (χ0n) is 14.0. The first-order valence-corrected chi connectivity index (χ1v) is 7.76. The fourth-order valence-corrected chi connectivity index (χ4v) is 2.59. The van der Waals surface area contributed by atoms with Gasteiger partial charge in [0.25, 0.3) is 0 Å². The molecule has 2 rings (SSSR count). The van der Waals surface area contributed by atoms with E-state index in [1.807, 2.05) is 57.1 Å². The highest BCUT2D eigenvalue weighted by Gasteiger charge is 2.49. The number of benzene rings is 1. The van der Waals surface area contributed by atoms with Gasteiger partial charge in [-0.05, 0) is 24.6 Å². The Morgan fingerprint density at radius 3 is 2.09 bits per heavy atom. The molecule has 0 radical (unpaired) electrons. The summed E-state index contributed by atoms with van der Waals surface area (Å²) in [4.78, 5) is 14.2. The lowest BCUT2D eigenvalue weighted by atomic mass is 9.94. The monoisotopic (exact) mass is 309 g/mol. The highest BCUT2D eigenvalue weighted by atomic mass is 16.5. The smallest absolute Gasteiger partial charge is 0.174 e. The minimum atomic E-state index is -1.17. The lowest BCUT2D eigenvalue weighted by Crippen LogP contribution is -2.33. The molecule has 0 heterocycles. The van der Waals surface area contributed by atoms with Crippen LogP contribution in [0.3, 0.4) is 0 Å². The van der Waals surface area contributed by atoms with Crippen molar-refractivity contribution >= 4 is 11.5 Å². The predicted molar refractivity (Wildman–Crippen MR) is 87.3 cm³/mol. The van der Waals surface area contributed by atoms with E-state index in [2.05, 4.69) is 0 Å². The maximum atomic E-state index is 12.3. The van der Waals surface area contributed by atoms with E-state index in [9.17, 15) is 15.0 Å². The van der Waals surface area contributed by atoms with Crippen LogP contribution in [0.1, 0.15) is 32.3 Å². The predicted octanol–water partition coefficient (Wildman–Crippen LogP) is 1.57. The van der Waals surface area contributed by atoms with Crippen molar-refractivity contribution in [2.45, 2.75) is 45.0 Å². The number of Topliss-reactive ketones (excluding diaryl/α,β-unsaturated/α-hetero) is 1. The molecule has 124 valence electrons. The summed E-state index contributed by atoms with van der Waals surface area (Å²) in [5, 5.41) is 20.0. The summed E-state index contributed by atoms with van der Waals surface area (Å²) in [6.45, 7) is 6.08. The van der Waals surface area contributed by atoms with Crippen molar-refractivity contribution in [3.05, 3.63) is 29.8 Å². The summed E-state index contributed by atoms with van der Waals surface area (Å²) < 4.78 is 5.24. The molecule has 5 nitrogen and oxygen atoms in total. The van der Waals surface area contributed by atoms with Crippen molar-refractivity contribution in [1.29, 1.82) is 0 Å². The Morgan fingerprint density at radius 2 is 1.64 bits per heavy atom. The molecule has 0 amide bonds. The average Bonchev–Trinajstić information content (AvgIpc) is 2.73. The van der Waals surface area contributed by atoms with Gasteiger partial charge in [0.15, 0.2) is 5.78 Å². The van der Waals surface area contributed by atoms with Crippen molar-refractivity contribution in [2.24, 2.45) is 0 Å². The largest absolute Gasteiger partial charge is 0.389 e. The first-order valence-electron chi connectivity index (χ1n) is 7.76. The van der Waals surface area contributed by atoms with Gasteiger partial charge in [0.2, 0.25) is 0 Å². The quantitative estimate of drug-likeness (QED) is 0.883. The highest BCUT2D eigenvalue weighted by Crippen LogP contribution is 2.34. The number of carbonyl (C=O) groups is 1. The van der Waals surface area contributed by atoms with Crippen molar-refractivity contribution in [3.8, 4) is 0 Å². The third-order valence-corrected chi connectivity index (χ3v) is 3.70. The van der Waals surface area contributed by atoms with Gasteiger partial charge in [-0.3, -0.25) is 4.79 Å². The van der Waals surface area contributed by atoms with Gasteiger partial charge < -0.3 is 19.8 Å². The Morgan fingerprint density at radius 1 is 1.09 bits per heavy atom. The summed E-state index contributed by atoms with van der Waals surface area (Å²) in [6.07, 6.45) is -3.22. The van der Waals surface area contributed by atoms with Crippen LogP contribution in [0.25, 0.3) is 0 Å². The number of ketones is 1. The zero-order valence-corrected chi connectivity index (χ0v) is 14.0. The Bertz CT molecular complexity index is 472. The van der Waals surface area contributed by atoms with Crippen molar-refractivity contribution in [3.63, 3.8) is 0 Å². The first kappa shape index (κ1) is 18.6. The molecule has 22 heavy (non-hydrogen) atoms. The summed E-state index contributed by atoms with van der Waals surface area (Å²) >= 11 is 0. The van der Waals surface area contributed by atoms with Crippen LogP contribution in [0.5, 0.6) is 0 Å². The lowest BCUT2D eigenvalue weighted by molar-refractivity contribution is -0.132. The van der Waals surface area contributed by atoms with Crippen molar-refractivity contribution in [1.82, 2.24) is 0 Å². The van der Waals surface area contributed by atoms with Crippen LogP contribution in [0.15, 0.2) is 24.3 Å². The Kier molecular flexibility index (Phi) is 7.00. The van der Waals surface area contributed by atoms with Crippen LogP contribution < -0.4 is 4.90 Å². The van der Waals surface area contributed by atoms with Gasteiger partial charge in [-0.1, -0.05) is 26.0 Å². The van der Waals surface area contributed by atoms with Crippen LogP contribution >= 0.6 is 0 Å². The van der Waals surface area contributed by atoms with Gasteiger partial charge in [0.1, 0.15) is 12.2 Å². The number of anilines is 1. The van der Waals surface area contributed by atoms with E-state index in [1.54, 1.807) is 6.92 Å². The molecule has 4 unspecified atom stereocenters. The average molecular weight is 309 g/mol. The number of aliphatic hydroxyl groups is 2. The van der Waals surface area contributed by atoms with Crippen LogP contribution in [0.2, 0.25) is 0 Å². The van der Waals surface area contributed by atoms with E-state index < -0.39 is 24.2 Å². The molecule has 1 aromatic carbocycles. The van der Waals surface area contributed by atoms with Gasteiger partial charge in [-0.25, -0.2) is 0 Å². The minimum absolute atomic E-state index is 0.260. The molecule has 0 aromatic heterocycles. The molecule has 0 spiro atoms. The fourth-order valence-electron chi connectivity index (χ4n) is 2.59. The minimum Gasteiger partial charge on any atom is -0.389 e. The molecule has 1 fully saturated rings. The van der Waals surface area contributed by atoms with E-state index in [4.69, 9.17) is 4.74 Å². The highest BCUT2D eigenvalue weighted by molar-refractivity contribution is 5.93. The molecular weight excluding hydrogens is 282 g/mol. The van der Waals surface area contributed by atoms with Crippen molar-refractivity contribution in [2.75, 3.05) is 25.6 Å². The molecule has 1 saturated carbocycles. The number of carbonyl (C=O) groups excluding carboxylic acids is 1. The zero-order chi connectivity index (χ0) is 16.9. The first-order chi connectivity index (χ1) is 10.5. The molecule has 1 aromatic rings. The van der Waals surface area contributed by atoms with Crippen LogP contribution in [0.4, 0.5) is 5.69 Å². The molecule has 2 N–H and O–H groups in total. The Balaban J connectivity index is 0.00000116. The molecule has 0 bridgehead atoms. The van der Waals surface area contributed by atoms with Gasteiger partial charge >= 0.3 is 0 Å². The summed E-state index contributed by atoms with van der Waals surface area (Å²) in [7, 11) is 3.86. The number of ether oxygens (including phenoxy) is 1. The second-order valence-electron chi connectivity index (χ2n) is 5.22. The van der Waals surface area contributed by atoms with E-state index in [1.165, 1.54) is 0 Å². The normalized spacial score (nSPS) is 27.3. The number of aliphatic hydroxyl groups excluding tert-OH is 2. The van der Waals surface area contributed by atoms with E-state index in [-0.39, 0.29) is 5.78 Å². The summed E-state index contributed by atoms with van der Waals surface area (Å²) in [5.74, 6) is -0.984. The van der Waals surface area contributed by atoms with Crippen LogP contribution in [-0.4, -0.2) is 55.0 Å². The third-order valence-electron chi connectivity index (χ3n) is 3.70. The van der Waals surface area contributed by atoms with E-state index in [0.717, 1.165) is 5.69 Å². The standard InChI is InChI=1S/C15H21NO4.C2H6/c1-4-20-15-13(18)11(12(17)14(15)19)9-5-7-10(8-6-9)16(2)3;1-2/h5-8,11-12,14-15,17,19H,4H2,1-3H3;1-2H3. The van der Waals surface area contributed by atoms with E-state index in [0.29, 0.717) is 12.2 Å². The van der Waals surface area contributed by atoms with E-state index >= 15 is 0 Å². The molecular formula is C17H27NO4. The van der Waals surface area contributed by atoms with Crippen LogP contribution in [-0.2, 0) is 9.53 Å². The van der Waals surface area contributed by atoms with Crippen molar-refractivity contribution < 1.29 is 19.7 Å². The van der Waals surface area contributed by atoms with Gasteiger partial charge in [-0.15, -0.1) is 0 Å². The molecule has 5 heteroatoms. The number of hydrogen-bond acceptors (Lipinski definition) is 5. The fraction of sp³-hybridized carbons (Fsp3) is 0.588. The maximum Gasteiger partial charge on any atom is 0.174 e. The third kappa shape index (κ3) is 3.66. The lowest BCUT2D eigenvalue weighted by Gasteiger charge is -2.17. The second kappa shape index (κ2) is 8.27. The second-order valence-corrected chi connectivity index (χ2v) is 5.22. The van der Waals surface area contributed by atoms with Gasteiger partial charge in [0, 0.05) is 26.4 Å². The maximum absolute atomic E-state index is 12.3. The SMILES string of the molecule is CC.CCOC1C(=O)C(c2ccc(N(C)C)cc2)C(O)C1O. The van der Waals surface area contributed by atoms with Gasteiger partial charge in [0.05, 0.1) is 12.0 Å². The Labute approximate surface area is 132 Å². The number of hydrogen-bond donors (Lipinski definition) is 2. The molecule has 4 atom stereocenters. The number of nitrogens with zero attached hydrogens (tertiary/aromatic N) is 1. The molecule has 0 saturated heterocycles.